The van der Waals surface area contributed by atoms with Crippen molar-refractivity contribution in [3.05, 3.63) is 0 Å². The zero-order chi connectivity index (χ0) is 18.2. The Morgan fingerprint density at radius 2 is 1.29 bits per heavy atom. The van der Waals surface area contributed by atoms with E-state index in [0.717, 1.165) is 12.8 Å². The highest BCUT2D eigenvalue weighted by Gasteiger charge is 2.14. The molecule has 0 spiro atoms. The van der Waals surface area contributed by atoms with Crippen LogP contribution in [-0.2, 0) is 14.3 Å². The maximum Gasteiger partial charge on any atom is 0.325 e. The van der Waals surface area contributed by atoms with Gasteiger partial charge in [-0.2, -0.15) is 0 Å². The Hall–Kier alpha value is -1.06. The molecule has 0 unspecified atom stereocenters. The van der Waals surface area contributed by atoms with Crippen molar-refractivity contribution in [2.24, 2.45) is 0 Å². The molecule has 0 saturated carbocycles. The van der Waals surface area contributed by atoms with Crippen molar-refractivity contribution in [3.63, 3.8) is 0 Å². The summed E-state index contributed by atoms with van der Waals surface area (Å²) in [4.78, 5) is 24.9. The standard InChI is InChI=1S/C20H39NO3/c1-5-6-7-8-9-10-11-12-13-14-15-16-19(22)21(4)17-20(23)24-18(2)3/h18H,5-17H2,1-4H3. The fourth-order valence-electron chi connectivity index (χ4n) is 2.71. The lowest BCUT2D eigenvalue weighted by atomic mass is 10.1. The Balaban J connectivity index is 3.46. The lowest BCUT2D eigenvalue weighted by Gasteiger charge is -2.17. The quantitative estimate of drug-likeness (QED) is 0.307. The fraction of sp³-hybridized carbons (Fsp3) is 0.900. The molecule has 142 valence electrons. The molecular weight excluding hydrogens is 302 g/mol. The summed E-state index contributed by atoms with van der Waals surface area (Å²) in [5.74, 6) is -0.300. The van der Waals surface area contributed by atoms with E-state index >= 15 is 0 Å². The molecule has 0 aliphatic heterocycles. The summed E-state index contributed by atoms with van der Waals surface area (Å²) in [5, 5.41) is 0. The third kappa shape index (κ3) is 14.5. The molecule has 0 fully saturated rings. The fourth-order valence-corrected chi connectivity index (χ4v) is 2.71. The van der Waals surface area contributed by atoms with Gasteiger partial charge >= 0.3 is 5.97 Å². The number of likely N-dealkylation sites (N-methyl/N-ethyl adjacent to an activating group) is 1. The minimum Gasteiger partial charge on any atom is -0.462 e. The topological polar surface area (TPSA) is 46.6 Å². The van der Waals surface area contributed by atoms with Crippen molar-refractivity contribution < 1.29 is 14.3 Å². The number of esters is 1. The molecule has 1 amide bonds. The van der Waals surface area contributed by atoms with Gasteiger partial charge in [0.05, 0.1) is 6.10 Å². The number of hydrogen-bond acceptors (Lipinski definition) is 3. The smallest absolute Gasteiger partial charge is 0.325 e. The first-order valence-corrected chi connectivity index (χ1v) is 9.90. The Morgan fingerprint density at radius 3 is 1.75 bits per heavy atom. The van der Waals surface area contributed by atoms with E-state index in [0.29, 0.717) is 6.42 Å². The lowest BCUT2D eigenvalue weighted by molar-refractivity contribution is -0.151. The maximum atomic E-state index is 11.9. The van der Waals surface area contributed by atoms with Crippen LogP contribution in [0.4, 0.5) is 0 Å². The number of ether oxygens (including phenoxy) is 1. The van der Waals surface area contributed by atoms with E-state index in [2.05, 4.69) is 6.92 Å². The van der Waals surface area contributed by atoms with E-state index in [9.17, 15) is 9.59 Å². The number of carbonyl (C=O) groups excluding carboxylic acids is 2. The molecule has 0 rings (SSSR count). The van der Waals surface area contributed by atoms with Crippen LogP contribution >= 0.6 is 0 Å². The lowest BCUT2D eigenvalue weighted by Crippen LogP contribution is -2.33. The van der Waals surface area contributed by atoms with Gasteiger partial charge in [0.15, 0.2) is 0 Å². The van der Waals surface area contributed by atoms with Crippen molar-refractivity contribution in [3.8, 4) is 0 Å². The molecule has 0 aliphatic carbocycles. The molecule has 4 heteroatoms. The van der Waals surface area contributed by atoms with Crippen LogP contribution < -0.4 is 0 Å². The molecule has 0 atom stereocenters. The molecule has 0 bridgehead atoms. The molecule has 0 aromatic heterocycles. The van der Waals surface area contributed by atoms with E-state index in [1.165, 1.54) is 62.7 Å². The molecule has 0 N–H and O–H groups in total. The summed E-state index contributed by atoms with van der Waals surface area (Å²) < 4.78 is 5.05. The average Bonchev–Trinajstić information content (AvgIpc) is 2.51. The highest BCUT2D eigenvalue weighted by atomic mass is 16.5. The Bertz CT molecular complexity index is 329. The predicted molar refractivity (Wildman–Crippen MR) is 99.9 cm³/mol. The van der Waals surface area contributed by atoms with Crippen LogP contribution in [0.5, 0.6) is 0 Å². The largest absolute Gasteiger partial charge is 0.462 e. The van der Waals surface area contributed by atoms with Crippen molar-refractivity contribution in [1.29, 1.82) is 0 Å². The van der Waals surface area contributed by atoms with E-state index in [1.807, 2.05) is 13.8 Å². The summed E-state index contributed by atoms with van der Waals surface area (Å²) >= 11 is 0. The summed E-state index contributed by atoms with van der Waals surface area (Å²) in [6, 6.07) is 0. The molecule has 0 saturated heterocycles. The van der Waals surface area contributed by atoms with Crippen LogP contribution in [0.25, 0.3) is 0 Å². The zero-order valence-corrected chi connectivity index (χ0v) is 16.4. The van der Waals surface area contributed by atoms with Gasteiger partial charge < -0.3 is 9.64 Å². The molecular formula is C20H39NO3. The highest BCUT2D eigenvalue weighted by molar-refractivity contribution is 5.81. The van der Waals surface area contributed by atoms with E-state index in [1.54, 1.807) is 7.05 Å². The first-order valence-electron chi connectivity index (χ1n) is 9.90. The van der Waals surface area contributed by atoms with Crippen molar-refractivity contribution in [1.82, 2.24) is 4.90 Å². The first-order chi connectivity index (χ1) is 11.5. The summed E-state index contributed by atoms with van der Waals surface area (Å²) in [6.07, 6.45) is 14.4. The molecule has 0 aromatic rings. The normalized spacial score (nSPS) is 10.9. The van der Waals surface area contributed by atoms with E-state index in [-0.39, 0.29) is 24.5 Å². The zero-order valence-electron chi connectivity index (χ0n) is 16.4. The van der Waals surface area contributed by atoms with Gasteiger partial charge in [-0.1, -0.05) is 71.1 Å². The van der Waals surface area contributed by atoms with Crippen LogP contribution in [-0.4, -0.2) is 36.5 Å². The summed E-state index contributed by atoms with van der Waals surface area (Å²) in [5.41, 5.74) is 0. The van der Waals surface area contributed by atoms with E-state index in [4.69, 9.17) is 4.74 Å². The van der Waals surface area contributed by atoms with Gasteiger partial charge in [0.2, 0.25) is 5.91 Å². The predicted octanol–water partition coefficient (Wildman–Crippen LogP) is 5.10. The molecule has 4 nitrogen and oxygen atoms in total. The van der Waals surface area contributed by atoms with Crippen molar-refractivity contribution in [2.45, 2.75) is 104 Å². The van der Waals surface area contributed by atoms with Gasteiger partial charge in [0.1, 0.15) is 6.54 Å². The number of unbranched alkanes of at least 4 members (excludes halogenated alkanes) is 10. The van der Waals surface area contributed by atoms with Crippen LogP contribution in [0.2, 0.25) is 0 Å². The molecule has 0 aliphatic rings. The summed E-state index contributed by atoms with van der Waals surface area (Å²) in [6.45, 7) is 5.92. The molecule has 0 heterocycles. The highest BCUT2D eigenvalue weighted by Crippen LogP contribution is 2.12. The third-order valence-electron chi connectivity index (χ3n) is 4.15. The Kier molecular flexibility index (Phi) is 14.8. The SMILES string of the molecule is CCCCCCCCCCCCCC(=O)N(C)CC(=O)OC(C)C. The van der Waals surface area contributed by atoms with Crippen molar-refractivity contribution >= 4 is 11.9 Å². The maximum absolute atomic E-state index is 11.9. The minimum atomic E-state index is -0.334. The van der Waals surface area contributed by atoms with Crippen LogP contribution in [0.15, 0.2) is 0 Å². The number of amides is 1. The first kappa shape index (κ1) is 22.9. The minimum absolute atomic E-state index is 0.0339. The molecule has 24 heavy (non-hydrogen) atoms. The van der Waals surface area contributed by atoms with Crippen LogP contribution in [0.3, 0.4) is 0 Å². The monoisotopic (exact) mass is 341 g/mol. The van der Waals surface area contributed by atoms with E-state index < -0.39 is 0 Å². The second kappa shape index (κ2) is 15.5. The molecule has 0 radical (unpaired) electrons. The van der Waals surface area contributed by atoms with Gasteiger partial charge in [-0.25, -0.2) is 0 Å². The number of rotatable bonds is 15. The van der Waals surface area contributed by atoms with Gasteiger partial charge in [0.25, 0.3) is 0 Å². The third-order valence-corrected chi connectivity index (χ3v) is 4.15. The Morgan fingerprint density at radius 1 is 0.833 bits per heavy atom. The van der Waals surface area contributed by atoms with Gasteiger partial charge in [-0.15, -0.1) is 0 Å². The average molecular weight is 342 g/mol. The number of hydrogen-bond donors (Lipinski definition) is 0. The van der Waals surface area contributed by atoms with Gasteiger partial charge in [0, 0.05) is 13.5 Å². The van der Waals surface area contributed by atoms with Gasteiger partial charge in [-0.3, -0.25) is 9.59 Å². The summed E-state index contributed by atoms with van der Waals surface area (Å²) in [7, 11) is 1.67. The molecule has 0 aromatic carbocycles. The second-order valence-corrected chi connectivity index (χ2v) is 7.07. The van der Waals surface area contributed by atoms with Crippen LogP contribution in [0, 0.1) is 0 Å². The number of nitrogens with zero attached hydrogens (tertiary/aromatic N) is 1. The van der Waals surface area contributed by atoms with Crippen molar-refractivity contribution in [2.75, 3.05) is 13.6 Å². The number of carbonyl (C=O) groups is 2. The second-order valence-electron chi connectivity index (χ2n) is 7.07. The Labute approximate surface area is 149 Å². The van der Waals surface area contributed by atoms with Crippen LogP contribution in [0.1, 0.15) is 97.8 Å². The van der Waals surface area contributed by atoms with Gasteiger partial charge in [-0.05, 0) is 20.3 Å².